The Morgan fingerprint density at radius 1 is 1.42 bits per heavy atom. The van der Waals surface area contributed by atoms with Gasteiger partial charge in [-0.25, -0.2) is 14.4 Å². The van der Waals surface area contributed by atoms with Crippen LogP contribution in [0, 0.1) is 5.82 Å². The predicted octanol–water partition coefficient (Wildman–Crippen LogP) is 3.24. The number of carbonyl (C=O) groups excluding carboxylic acids is 1. The molecule has 1 aromatic heterocycles. The summed E-state index contributed by atoms with van der Waals surface area (Å²) >= 11 is 5.71. The van der Waals surface area contributed by atoms with Crippen LogP contribution in [0.5, 0.6) is 11.8 Å². The van der Waals surface area contributed by atoms with Crippen LogP contribution in [-0.2, 0) is 16.1 Å². The molecule has 1 aromatic carbocycles. The van der Waals surface area contributed by atoms with Gasteiger partial charge in [-0.2, -0.15) is 0 Å². The van der Waals surface area contributed by atoms with Crippen molar-refractivity contribution in [3.05, 3.63) is 47.0 Å². The molecule has 2 aromatic rings. The molecule has 0 unspecified atom stereocenters. The lowest BCUT2D eigenvalue weighted by atomic mass is 10.1. The first kappa shape index (κ1) is 18.7. The van der Waals surface area contributed by atoms with Crippen LogP contribution in [0.3, 0.4) is 0 Å². The zero-order valence-corrected chi connectivity index (χ0v) is 15.1. The summed E-state index contributed by atoms with van der Waals surface area (Å²) in [5, 5.41) is 0.288. The zero-order valence-electron chi connectivity index (χ0n) is 14.3. The Bertz CT molecular complexity index is 773. The molecule has 0 amide bonds. The minimum absolute atomic E-state index is 0.0104. The summed E-state index contributed by atoms with van der Waals surface area (Å²) in [4.78, 5) is 22.2. The molecule has 0 N–H and O–H groups in total. The quantitative estimate of drug-likeness (QED) is 0.767. The Balaban J connectivity index is 1.60. The number of aromatic nitrogens is 2. The summed E-state index contributed by atoms with van der Waals surface area (Å²) in [6, 6.07) is 4.17. The second kappa shape index (κ2) is 8.53. The minimum atomic E-state index is -0.579. The molecule has 3 rings (SSSR count). The van der Waals surface area contributed by atoms with Gasteiger partial charge >= 0.3 is 6.01 Å². The van der Waals surface area contributed by atoms with Crippen molar-refractivity contribution in [3.63, 3.8) is 0 Å². The van der Waals surface area contributed by atoms with Crippen molar-refractivity contribution in [3.8, 4) is 11.8 Å². The van der Waals surface area contributed by atoms with E-state index in [0.29, 0.717) is 26.1 Å². The molecule has 0 aliphatic carbocycles. The van der Waals surface area contributed by atoms with Gasteiger partial charge < -0.3 is 9.47 Å². The van der Waals surface area contributed by atoms with Crippen molar-refractivity contribution in [2.45, 2.75) is 26.0 Å². The average molecular weight is 380 g/mol. The maximum Gasteiger partial charge on any atom is 0.321 e. The van der Waals surface area contributed by atoms with E-state index in [-0.39, 0.29) is 28.7 Å². The van der Waals surface area contributed by atoms with Crippen molar-refractivity contribution < 1.29 is 18.7 Å². The van der Waals surface area contributed by atoms with Gasteiger partial charge in [-0.3, -0.25) is 9.69 Å². The van der Waals surface area contributed by atoms with E-state index in [4.69, 9.17) is 21.1 Å². The summed E-state index contributed by atoms with van der Waals surface area (Å²) in [6.45, 7) is 4.25. The SMILES string of the molecule is CCC(=O)[C@@H]1CN(Cc2cnc(Oc3ccc(Cl)cc3F)nc2)CCO1. The monoisotopic (exact) mass is 379 g/mol. The standard InChI is InChI=1S/C18H19ClFN3O3/c1-2-15(24)17-11-23(5-6-25-17)10-12-8-21-18(22-9-12)26-16-4-3-13(19)7-14(16)20/h3-4,7-9,17H,2,5-6,10-11H2,1H3/t17-/m0/s1. The second-order valence-electron chi connectivity index (χ2n) is 5.97. The second-order valence-corrected chi connectivity index (χ2v) is 6.40. The molecular formula is C18H19ClFN3O3. The highest BCUT2D eigenvalue weighted by molar-refractivity contribution is 6.30. The van der Waals surface area contributed by atoms with Crippen LogP contribution in [0.2, 0.25) is 5.02 Å². The number of rotatable bonds is 6. The Labute approximate surface area is 155 Å². The van der Waals surface area contributed by atoms with Crippen LogP contribution < -0.4 is 4.74 Å². The van der Waals surface area contributed by atoms with Crippen molar-refractivity contribution in [1.29, 1.82) is 0 Å². The minimum Gasteiger partial charge on any atom is -0.421 e. The molecule has 1 saturated heterocycles. The van der Waals surface area contributed by atoms with Gasteiger partial charge in [0.1, 0.15) is 6.10 Å². The van der Waals surface area contributed by atoms with E-state index in [1.807, 2.05) is 6.92 Å². The van der Waals surface area contributed by atoms with E-state index >= 15 is 0 Å². The fourth-order valence-electron chi connectivity index (χ4n) is 2.66. The molecule has 138 valence electrons. The molecule has 0 saturated carbocycles. The number of hydrogen-bond acceptors (Lipinski definition) is 6. The van der Waals surface area contributed by atoms with Crippen LogP contribution in [0.25, 0.3) is 0 Å². The van der Waals surface area contributed by atoms with Gasteiger partial charge in [0.15, 0.2) is 17.3 Å². The average Bonchev–Trinajstić information content (AvgIpc) is 2.65. The lowest BCUT2D eigenvalue weighted by molar-refractivity contribution is -0.136. The summed E-state index contributed by atoms with van der Waals surface area (Å²) in [5.74, 6) is -0.457. The molecule has 6 nitrogen and oxygen atoms in total. The number of benzene rings is 1. The van der Waals surface area contributed by atoms with Gasteiger partial charge in [0, 0.05) is 49.0 Å². The number of ketones is 1. The number of hydrogen-bond donors (Lipinski definition) is 0. The maximum atomic E-state index is 13.7. The molecule has 0 radical (unpaired) electrons. The molecule has 1 aliphatic heterocycles. The topological polar surface area (TPSA) is 64.6 Å². The van der Waals surface area contributed by atoms with E-state index in [1.54, 1.807) is 12.4 Å². The van der Waals surface area contributed by atoms with Crippen LogP contribution in [-0.4, -0.2) is 46.5 Å². The number of carbonyl (C=O) groups is 1. The number of morpholine rings is 1. The van der Waals surface area contributed by atoms with Crippen molar-refractivity contribution in [1.82, 2.24) is 14.9 Å². The Morgan fingerprint density at radius 2 is 2.19 bits per heavy atom. The maximum absolute atomic E-state index is 13.7. The van der Waals surface area contributed by atoms with Gasteiger partial charge in [0.05, 0.1) is 6.61 Å². The predicted molar refractivity (Wildman–Crippen MR) is 93.8 cm³/mol. The molecule has 8 heteroatoms. The van der Waals surface area contributed by atoms with E-state index in [2.05, 4.69) is 14.9 Å². The molecule has 2 heterocycles. The number of nitrogens with zero attached hydrogens (tertiary/aromatic N) is 3. The van der Waals surface area contributed by atoms with Crippen LogP contribution in [0.1, 0.15) is 18.9 Å². The first-order valence-electron chi connectivity index (χ1n) is 8.35. The lowest BCUT2D eigenvalue weighted by Gasteiger charge is -2.31. The van der Waals surface area contributed by atoms with E-state index < -0.39 is 5.82 Å². The van der Waals surface area contributed by atoms with Gasteiger partial charge in [-0.05, 0) is 18.2 Å². The van der Waals surface area contributed by atoms with E-state index in [9.17, 15) is 9.18 Å². The third-order valence-electron chi connectivity index (χ3n) is 4.04. The first-order chi connectivity index (χ1) is 12.5. The Kier molecular flexibility index (Phi) is 6.13. The fraction of sp³-hybridized carbons (Fsp3) is 0.389. The number of halogens is 2. The van der Waals surface area contributed by atoms with Crippen LogP contribution in [0.15, 0.2) is 30.6 Å². The summed E-state index contributed by atoms with van der Waals surface area (Å²) < 4.78 is 24.6. The van der Waals surface area contributed by atoms with Crippen LogP contribution in [0.4, 0.5) is 4.39 Å². The van der Waals surface area contributed by atoms with Gasteiger partial charge in [-0.15, -0.1) is 0 Å². The third kappa shape index (κ3) is 4.75. The summed E-state index contributed by atoms with van der Waals surface area (Å²) in [6.07, 6.45) is 3.35. The highest BCUT2D eigenvalue weighted by Gasteiger charge is 2.25. The third-order valence-corrected chi connectivity index (χ3v) is 4.28. The summed E-state index contributed by atoms with van der Waals surface area (Å²) in [7, 11) is 0. The Morgan fingerprint density at radius 3 is 2.88 bits per heavy atom. The van der Waals surface area contributed by atoms with Crippen molar-refractivity contribution in [2.24, 2.45) is 0 Å². The molecular weight excluding hydrogens is 361 g/mol. The molecule has 0 bridgehead atoms. The smallest absolute Gasteiger partial charge is 0.321 e. The van der Waals surface area contributed by atoms with Crippen molar-refractivity contribution >= 4 is 17.4 Å². The number of Topliss-reactive ketones (excluding diaryl/α,β-unsaturated/α-hetero) is 1. The van der Waals surface area contributed by atoms with Gasteiger partial charge in [0.2, 0.25) is 0 Å². The fourth-order valence-corrected chi connectivity index (χ4v) is 2.82. The largest absolute Gasteiger partial charge is 0.421 e. The van der Waals surface area contributed by atoms with Crippen molar-refractivity contribution in [2.75, 3.05) is 19.7 Å². The highest BCUT2D eigenvalue weighted by atomic mass is 35.5. The highest BCUT2D eigenvalue weighted by Crippen LogP contribution is 2.24. The summed E-state index contributed by atoms with van der Waals surface area (Å²) in [5.41, 5.74) is 0.874. The van der Waals surface area contributed by atoms with Gasteiger partial charge in [-0.1, -0.05) is 18.5 Å². The van der Waals surface area contributed by atoms with Crippen LogP contribution >= 0.6 is 11.6 Å². The van der Waals surface area contributed by atoms with E-state index in [1.165, 1.54) is 12.1 Å². The normalized spacial score (nSPS) is 17.9. The molecule has 1 aliphatic rings. The van der Waals surface area contributed by atoms with Gasteiger partial charge in [0.25, 0.3) is 0 Å². The molecule has 1 fully saturated rings. The molecule has 1 atom stereocenters. The Hall–Kier alpha value is -2.09. The molecule has 26 heavy (non-hydrogen) atoms. The molecule has 0 spiro atoms. The van der Waals surface area contributed by atoms with E-state index in [0.717, 1.165) is 18.2 Å². The lowest BCUT2D eigenvalue weighted by Crippen LogP contribution is -2.45. The first-order valence-corrected chi connectivity index (χ1v) is 8.73. The number of ether oxygens (including phenoxy) is 2. The zero-order chi connectivity index (χ0) is 18.5.